The summed E-state index contributed by atoms with van der Waals surface area (Å²) >= 11 is 0. The Morgan fingerprint density at radius 2 is 2.26 bits per heavy atom. The van der Waals surface area contributed by atoms with Crippen molar-refractivity contribution in [2.45, 2.75) is 6.54 Å². The number of nitrogens with two attached hydrogens (primary N) is 1. The lowest BCUT2D eigenvalue weighted by Gasteiger charge is -2.04. The molecule has 0 aliphatic rings. The van der Waals surface area contributed by atoms with Gasteiger partial charge < -0.3 is 15.6 Å². The van der Waals surface area contributed by atoms with Crippen molar-refractivity contribution in [2.24, 2.45) is 0 Å². The molecule has 0 bridgehead atoms. The Hall–Kier alpha value is -3.11. The SMILES string of the molecule is Nc1nc(NCc2ncon2)nc(-n2cncn2)n1. The molecule has 0 unspecified atom stereocenters. The van der Waals surface area contributed by atoms with E-state index in [0.717, 1.165) is 0 Å². The van der Waals surface area contributed by atoms with Crippen LogP contribution in [0.15, 0.2) is 23.6 Å². The van der Waals surface area contributed by atoms with Gasteiger partial charge in [0.15, 0.2) is 5.82 Å². The molecule has 0 aromatic carbocycles. The Bertz CT molecular complexity index is 648. The molecular weight excluding hydrogens is 252 g/mol. The first-order chi connectivity index (χ1) is 9.31. The van der Waals surface area contributed by atoms with Gasteiger partial charge in [-0.2, -0.15) is 29.7 Å². The van der Waals surface area contributed by atoms with Gasteiger partial charge in [-0.05, 0) is 0 Å². The molecule has 3 N–H and O–H groups in total. The molecule has 3 heterocycles. The molecule has 3 rings (SSSR count). The standard InChI is InChI=1S/C8H8N10O/c9-6-14-7(11-1-5-12-4-19-17-5)16-8(15-6)18-3-10-2-13-18/h2-4H,1H2,(H3,9,11,14,15,16). The lowest BCUT2D eigenvalue weighted by molar-refractivity contribution is 0.411. The average Bonchev–Trinajstić information content (AvgIpc) is 3.09. The molecule has 3 aromatic rings. The zero-order chi connectivity index (χ0) is 13.1. The Kier molecular flexibility index (Phi) is 2.69. The summed E-state index contributed by atoms with van der Waals surface area (Å²) in [5, 5.41) is 10.5. The van der Waals surface area contributed by atoms with Gasteiger partial charge in [-0.15, -0.1) is 0 Å². The van der Waals surface area contributed by atoms with Crippen molar-refractivity contribution in [1.82, 2.24) is 39.9 Å². The summed E-state index contributed by atoms with van der Waals surface area (Å²) in [6, 6.07) is 0. The van der Waals surface area contributed by atoms with Crippen molar-refractivity contribution in [2.75, 3.05) is 11.1 Å². The zero-order valence-corrected chi connectivity index (χ0v) is 9.50. The van der Waals surface area contributed by atoms with Gasteiger partial charge in [0.25, 0.3) is 5.95 Å². The quantitative estimate of drug-likeness (QED) is 0.600. The van der Waals surface area contributed by atoms with Crippen LogP contribution in [0.1, 0.15) is 5.82 Å². The van der Waals surface area contributed by atoms with E-state index in [1.54, 1.807) is 0 Å². The van der Waals surface area contributed by atoms with Gasteiger partial charge in [0, 0.05) is 0 Å². The van der Waals surface area contributed by atoms with E-state index in [0.29, 0.717) is 12.4 Å². The largest absolute Gasteiger partial charge is 0.368 e. The summed E-state index contributed by atoms with van der Waals surface area (Å²) in [6.45, 7) is 0.302. The molecule has 11 heteroatoms. The van der Waals surface area contributed by atoms with E-state index in [2.05, 4.69) is 45.0 Å². The van der Waals surface area contributed by atoms with Crippen molar-refractivity contribution in [3.63, 3.8) is 0 Å². The van der Waals surface area contributed by atoms with Crippen molar-refractivity contribution in [1.29, 1.82) is 0 Å². The number of nitrogens with one attached hydrogen (secondary N) is 1. The fraction of sp³-hybridized carbons (Fsp3) is 0.125. The smallest absolute Gasteiger partial charge is 0.258 e. The number of nitrogen functional groups attached to an aromatic ring is 1. The molecule has 0 saturated heterocycles. The van der Waals surface area contributed by atoms with Crippen LogP contribution in [0.4, 0.5) is 11.9 Å². The average molecular weight is 260 g/mol. The third-order valence-electron chi connectivity index (χ3n) is 2.08. The van der Waals surface area contributed by atoms with Crippen LogP contribution in [-0.2, 0) is 6.54 Å². The van der Waals surface area contributed by atoms with E-state index in [4.69, 9.17) is 5.73 Å². The van der Waals surface area contributed by atoms with Gasteiger partial charge in [0.05, 0.1) is 6.54 Å². The Balaban J connectivity index is 1.82. The highest BCUT2D eigenvalue weighted by molar-refractivity contribution is 5.34. The monoisotopic (exact) mass is 260 g/mol. The number of nitrogens with zero attached hydrogens (tertiary/aromatic N) is 8. The van der Waals surface area contributed by atoms with Crippen molar-refractivity contribution >= 4 is 11.9 Å². The van der Waals surface area contributed by atoms with Gasteiger partial charge >= 0.3 is 0 Å². The molecule has 96 valence electrons. The van der Waals surface area contributed by atoms with Crippen LogP contribution in [0.25, 0.3) is 5.95 Å². The lowest BCUT2D eigenvalue weighted by Crippen LogP contribution is -2.11. The second-order valence-electron chi connectivity index (χ2n) is 3.36. The molecule has 0 atom stereocenters. The number of aromatic nitrogens is 8. The molecule has 0 aliphatic carbocycles. The minimum Gasteiger partial charge on any atom is -0.368 e. The third-order valence-corrected chi connectivity index (χ3v) is 2.08. The van der Waals surface area contributed by atoms with Crippen molar-refractivity contribution in [3.8, 4) is 5.95 Å². The molecular formula is C8H8N10O. The maximum Gasteiger partial charge on any atom is 0.258 e. The van der Waals surface area contributed by atoms with E-state index in [1.807, 2.05) is 0 Å². The molecule has 0 aliphatic heterocycles. The fourth-order valence-corrected chi connectivity index (χ4v) is 1.30. The van der Waals surface area contributed by atoms with Crippen molar-refractivity contribution < 1.29 is 4.52 Å². The normalized spacial score (nSPS) is 10.5. The number of anilines is 2. The molecule has 0 radical (unpaired) electrons. The minimum atomic E-state index is 0.0658. The van der Waals surface area contributed by atoms with Crippen LogP contribution >= 0.6 is 0 Å². The predicted octanol–water partition coefficient (Wildman–Crippen LogP) is -0.970. The van der Waals surface area contributed by atoms with Gasteiger partial charge in [0.1, 0.15) is 12.7 Å². The second kappa shape index (κ2) is 4.64. The number of hydrogen-bond donors (Lipinski definition) is 2. The van der Waals surface area contributed by atoms with Crippen LogP contribution < -0.4 is 11.1 Å². The Morgan fingerprint density at radius 3 is 3.00 bits per heavy atom. The van der Waals surface area contributed by atoms with Gasteiger partial charge in [0.2, 0.25) is 18.3 Å². The van der Waals surface area contributed by atoms with Crippen LogP contribution in [0.3, 0.4) is 0 Å². The van der Waals surface area contributed by atoms with Crippen molar-refractivity contribution in [3.05, 3.63) is 24.9 Å². The van der Waals surface area contributed by atoms with E-state index in [9.17, 15) is 0 Å². The van der Waals surface area contributed by atoms with Crippen LogP contribution in [0.5, 0.6) is 0 Å². The lowest BCUT2D eigenvalue weighted by atomic mass is 10.6. The molecule has 11 nitrogen and oxygen atoms in total. The fourth-order valence-electron chi connectivity index (χ4n) is 1.30. The molecule has 3 aromatic heterocycles. The highest BCUT2D eigenvalue weighted by Gasteiger charge is 2.07. The first kappa shape index (κ1) is 11.0. The first-order valence-corrected chi connectivity index (χ1v) is 5.17. The summed E-state index contributed by atoms with van der Waals surface area (Å²) in [5.74, 6) is 1.08. The topological polar surface area (TPSA) is 146 Å². The van der Waals surface area contributed by atoms with Gasteiger partial charge in [-0.1, -0.05) is 5.16 Å². The first-order valence-electron chi connectivity index (χ1n) is 5.17. The maximum atomic E-state index is 5.60. The van der Waals surface area contributed by atoms with E-state index in [-0.39, 0.29) is 17.8 Å². The summed E-state index contributed by atoms with van der Waals surface area (Å²) in [4.78, 5) is 19.7. The van der Waals surface area contributed by atoms with Gasteiger partial charge in [-0.3, -0.25) is 0 Å². The van der Waals surface area contributed by atoms with E-state index >= 15 is 0 Å². The molecule has 0 spiro atoms. The van der Waals surface area contributed by atoms with Crippen LogP contribution in [0.2, 0.25) is 0 Å². The summed E-state index contributed by atoms with van der Waals surface area (Å²) in [7, 11) is 0. The number of hydrogen-bond acceptors (Lipinski definition) is 10. The second-order valence-corrected chi connectivity index (χ2v) is 3.36. The predicted molar refractivity (Wildman–Crippen MR) is 60.8 cm³/mol. The summed E-state index contributed by atoms with van der Waals surface area (Å²) < 4.78 is 5.98. The van der Waals surface area contributed by atoms with Crippen LogP contribution in [0, 0.1) is 0 Å². The number of rotatable bonds is 4. The molecule has 0 amide bonds. The van der Waals surface area contributed by atoms with E-state index < -0.39 is 0 Å². The van der Waals surface area contributed by atoms with Gasteiger partial charge in [-0.25, -0.2) is 4.98 Å². The molecule has 0 fully saturated rings. The summed E-state index contributed by atoms with van der Waals surface area (Å²) in [5.41, 5.74) is 5.60. The highest BCUT2D eigenvalue weighted by atomic mass is 16.5. The van der Waals surface area contributed by atoms with Crippen LogP contribution in [-0.4, -0.2) is 39.9 Å². The Labute approximate surface area is 105 Å². The van der Waals surface area contributed by atoms with E-state index in [1.165, 1.54) is 23.7 Å². The molecule has 0 saturated carbocycles. The molecule has 19 heavy (non-hydrogen) atoms. The highest BCUT2D eigenvalue weighted by Crippen LogP contribution is 2.06. The Morgan fingerprint density at radius 1 is 1.32 bits per heavy atom. The summed E-state index contributed by atoms with van der Waals surface area (Å²) in [6.07, 6.45) is 4.06. The minimum absolute atomic E-state index is 0.0658. The third kappa shape index (κ3) is 2.43. The zero-order valence-electron chi connectivity index (χ0n) is 9.50. The maximum absolute atomic E-state index is 5.60.